The van der Waals surface area contributed by atoms with Crippen LogP contribution in [0.1, 0.15) is 59.9 Å². The fourth-order valence-electron chi connectivity index (χ4n) is 2.46. The maximum atomic E-state index is 12.2. The Morgan fingerprint density at radius 3 is 2.04 bits per heavy atom. The molecule has 1 aliphatic rings. The summed E-state index contributed by atoms with van der Waals surface area (Å²) in [6.45, 7) is 8.26. The number of carbonyl (C=O) groups is 3. The molecule has 6 nitrogen and oxygen atoms in total. The Balaban J connectivity index is 2.13. The molecule has 1 saturated heterocycles. The van der Waals surface area contributed by atoms with Crippen LogP contribution in [0.5, 0.6) is 0 Å². The minimum Gasteiger partial charge on any atom is -0.456 e. The van der Waals surface area contributed by atoms with Gasteiger partial charge in [0, 0.05) is 13.1 Å². The van der Waals surface area contributed by atoms with Crippen molar-refractivity contribution >= 4 is 18.0 Å². The van der Waals surface area contributed by atoms with Crippen LogP contribution in [-0.2, 0) is 9.47 Å². The lowest BCUT2D eigenvalue weighted by Crippen LogP contribution is -2.30. The van der Waals surface area contributed by atoms with Gasteiger partial charge in [-0.15, -0.1) is 0 Å². The van der Waals surface area contributed by atoms with Crippen LogP contribution in [0.15, 0.2) is 18.2 Å². The Morgan fingerprint density at radius 2 is 1.50 bits per heavy atom. The van der Waals surface area contributed by atoms with Gasteiger partial charge in [-0.3, -0.25) is 0 Å². The van der Waals surface area contributed by atoms with Gasteiger partial charge in [-0.05, 0) is 64.3 Å². The largest absolute Gasteiger partial charge is 0.456 e. The van der Waals surface area contributed by atoms with Gasteiger partial charge in [-0.25, -0.2) is 14.4 Å². The van der Waals surface area contributed by atoms with Crippen LogP contribution in [0.25, 0.3) is 0 Å². The van der Waals surface area contributed by atoms with Gasteiger partial charge in [0.25, 0.3) is 0 Å². The Morgan fingerprint density at radius 1 is 0.958 bits per heavy atom. The molecule has 0 aliphatic carbocycles. The Kier molecular flexibility index (Phi) is 5.26. The van der Waals surface area contributed by atoms with E-state index in [0.29, 0.717) is 18.7 Å². The molecule has 0 atom stereocenters. The number of esters is 2. The van der Waals surface area contributed by atoms with Crippen LogP contribution in [0.4, 0.5) is 4.79 Å². The molecule has 1 aromatic carbocycles. The maximum Gasteiger partial charge on any atom is 0.417 e. The molecule has 1 amide bonds. The van der Waals surface area contributed by atoms with Gasteiger partial charge in [-0.1, -0.05) is 0 Å². The topological polar surface area (TPSA) is 72.9 Å². The molecule has 0 N–H and O–H groups in total. The number of carbonyl (C=O) groups excluding carboxylic acids is 3. The summed E-state index contributed by atoms with van der Waals surface area (Å²) in [5.41, 5.74) is 0.487. The van der Waals surface area contributed by atoms with E-state index in [0.717, 1.165) is 12.8 Å². The average molecular weight is 333 g/mol. The first-order valence-corrected chi connectivity index (χ1v) is 8.02. The van der Waals surface area contributed by atoms with Crippen molar-refractivity contribution in [1.82, 2.24) is 4.90 Å². The predicted octanol–water partition coefficient (Wildman–Crippen LogP) is 3.32. The zero-order chi connectivity index (χ0) is 17.9. The number of hydrogen-bond acceptors (Lipinski definition) is 5. The van der Waals surface area contributed by atoms with E-state index in [9.17, 15) is 14.4 Å². The summed E-state index contributed by atoms with van der Waals surface area (Å²) in [4.78, 5) is 37.8. The van der Waals surface area contributed by atoms with Gasteiger partial charge in [0.2, 0.25) is 0 Å². The summed E-state index contributed by atoms with van der Waals surface area (Å²) >= 11 is 0. The van der Waals surface area contributed by atoms with Crippen molar-refractivity contribution < 1.29 is 23.9 Å². The Bertz CT molecular complexity index is 654. The minimum absolute atomic E-state index is 0.156. The number of hydrogen-bond donors (Lipinski definition) is 0. The summed E-state index contributed by atoms with van der Waals surface area (Å²) < 4.78 is 10.2. The molecule has 1 heterocycles. The molecule has 1 aromatic rings. The molecule has 1 aliphatic heterocycles. The van der Waals surface area contributed by atoms with Crippen LogP contribution >= 0.6 is 0 Å². The molecule has 2 rings (SSSR count). The number of rotatable bonds is 2. The van der Waals surface area contributed by atoms with Gasteiger partial charge in [0.1, 0.15) is 5.60 Å². The van der Waals surface area contributed by atoms with Crippen LogP contribution in [-0.4, -0.2) is 41.6 Å². The zero-order valence-electron chi connectivity index (χ0n) is 14.5. The second-order valence-corrected chi connectivity index (χ2v) is 6.94. The van der Waals surface area contributed by atoms with Crippen molar-refractivity contribution in [3.05, 3.63) is 34.9 Å². The van der Waals surface area contributed by atoms with E-state index in [1.165, 1.54) is 11.0 Å². The Hall–Kier alpha value is -2.37. The molecule has 130 valence electrons. The van der Waals surface area contributed by atoms with E-state index in [1.807, 2.05) is 0 Å². The van der Waals surface area contributed by atoms with Crippen molar-refractivity contribution in [2.45, 2.75) is 46.1 Å². The van der Waals surface area contributed by atoms with Gasteiger partial charge < -0.3 is 14.4 Å². The molecule has 0 aromatic heterocycles. The number of amides is 1. The first kappa shape index (κ1) is 18.0. The molecule has 0 unspecified atom stereocenters. The number of benzene rings is 1. The lowest BCUT2D eigenvalue weighted by molar-refractivity contribution is 0.00693. The van der Waals surface area contributed by atoms with E-state index < -0.39 is 23.6 Å². The first-order valence-electron chi connectivity index (χ1n) is 8.02. The van der Waals surface area contributed by atoms with Crippen molar-refractivity contribution in [2.75, 3.05) is 13.1 Å². The monoisotopic (exact) mass is 333 g/mol. The fraction of sp³-hybridized carbons (Fsp3) is 0.500. The van der Waals surface area contributed by atoms with Crippen molar-refractivity contribution in [3.63, 3.8) is 0 Å². The second-order valence-electron chi connectivity index (χ2n) is 6.94. The van der Waals surface area contributed by atoms with Crippen molar-refractivity contribution in [3.8, 4) is 0 Å². The predicted molar refractivity (Wildman–Crippen MR) is 88.0 cm³/mol. The highest BCUT2D eigenvalue weighted by Gasteiger charge is 2.24. The van der Waals surface area contributed by atoms with E-state index in [1.54, 1.807) is 39.8 Å². The number of aryl methyl sites for hydroxylation is 1. The van der Waals surface area contributed by atoms with Gasteiger partial charge in [0.15, 0.2) is 0 Å². The third-order valence-corrected chi connectivity index (χ3v) is 3.49. The van der Waals surface area contributed by atoms with Crippen LogP contribution < -0.4 is 0 Å². The summed E-state index contributed by atoms with van der Waals surface area (Å²) in [5.74, 6) is -1.29. The van der Waals surface area contributed by atoms with Gasteiger partial charge in [0.05, 0.1) is 11.1 Å². The quantitative estimate of drug-likeness (QED) is 0.613. The van der Waals surface area contributed by atoms with Gasteiger partial charge in [-0.2, -0.15) is 0 Å². The lowest BCUT2D eigenvalue weighted by atomic mass is 10.1. The first-order chi connectivity index (χ1) is 11.2. The standard InChI is InChI=1S/C18H23NO5/c1-12-9-13(11-14(10-12)16(21)24-18(2,3)4)15(20)23-17(22)19-7-5-6-8-19/h9-11H,5-8H2,1-4H3. The third kappa shape index (κ3) is 4.81. The number of nitrogens with zero attached hydrogens (tertiary/aromatic N) is 1. The van der Waals surface area contributed by atoms with Crippen LogP contribution in [0, 0.1) is 6.92 Å². The summed E-state index contributed by atoms with van der Waals surface area (Å²) in [5, 5.41) is 0. The average Bonchev–Trinajstić information content (AvgIpc) is 2.99. The highest BCUT2D eigenvalue weighted by Crippen LogP contribution is 2.17. The summed E-state index contributed by atoms with van der Waals surface area (Å²) in [6.07, 6.45) is 1.19. The molecular weight excluding hydrogens is 310 g/mol. The van der Waals surface area contributed by atoms with E-state index in [-0.39, 0.29) is 11.1 Å². The molecule has 6 heteroatoms. The molecule has 0 saturated carbocycles. The van der Waals surface area contributed by atoms with E-state index in [4.69, 9.17) is 9.47 Å². The number of likely N-dealkylation sites (tertiary alicyclic amines) is 1. The fourth-order valence-corrected chi connectivity index (χ4v) is 2.46. The molecule has 0 bridgehead atoms. The summed E-state index contributed by atoms with van der Waals surface area (Å²) in [6, 6.07) is 4.60. The van der Waals surface area contributed by atoms with Crippen molar-refractivity contribution in [1.29, 1.82) is 0 Å². The van der Waals surface area contributed by atoms with Crippen LogP contribution in [0.3, 0.4) is 0 Å². The highest BCUT2D eigenvalue weighted by molar-refractivity contribution is 5.99. The normalized spacial score (nSPS) is 14.4. The Labute approximate surface area is 141 Å². The summed E-state index contributed by atoms with van der Waals surface area (Å²) in [7, 11) is 0. The number of ether oxygens (including phenoxy) is 2. The molecule has 0 radical (unpaired) electrons. The zero-order valence-corrected chi connectivity index (χ0v) is 14.5. The second kappa shape index (κ2) is 7.03. The minimum atomic E-state index is -0.764. The smallest absolute Gasteiger partial charge is 0.417 e. The molecule has 24 heavy (non-hydrogen) atoms. The van der Waals surface area contributed by atoms with Gasteiger partial charge >= 0.3 is 18.0 Å². The van der Waals surface area contributed by atoms with E-state index >= 15 is 0 Å². The SMILES string of the molecule is Cc1cc(C(=O)OC(=O)N2CCCC2)cc(C(=O)OC(C)(C)C)c1. The molecule has 1 fully saturated rings. The van der Waals surface area contributed by atoms with Crippen LogP contribution in [0.2, 0.25) is 0 Å². The highest BCUT2D eigenvalue weighted by atomic mass is 16.6. The molecular formula is C18H23NO5. The molecule has 0 spiro atoms. The van der Waals surface area contributed by atoms with Crippen molar-refractivity contribution in [2.24, 2.45) is 0 Å². The maximum absolute atomic E-state index is 12.2. The van der Waals surface area contributed by atoms with E-state index in [2.05, 4.69) is 0 Å². The lowest BCUT2D eigenvalue weighted by Gasteiger charge is -2.20. The third-order valence-electron chi connectivity index (χ3n) is 3.49.